The molecular weight excluding hydrogens is 310 g/mol. The number of carbonyl (C=O) groups excluding carboxylic acids is 2. The Kier molecular flexibility index (Phi) is 3.91. The molecule has 24 heavy (non-hydrogen) atoms. The summed E-state index contributed by atoms with van der Waals surface area (Å²) in [6, 6.07) is 11.5. The predicted octanol–water partition coefficient (Wildman–Crippen LogP) is 1.41. The Morgan fingerprint density at radius 2 is 1.88 bits per heavy atom. The number of hydrogen-bond acceptors (Lipinski definition) is 4. The van der Waals surface area contributed by atoms with Gasteiger partial charge in [0, 0.05) is 18.3 Å². The number of aryl methyl sites for hydroxylation is 1. The molecule has 0 bridgehead atoms. The van der Waals surface area contributed by atoms with Gasteiger partial charge in [-0.3, -0.25) is 14.2 Å². The number of primary amides is 1. The molecule has 0 aliphatic carbocycles. The third-order valence-electron chi connectivity index (χ3n) is 3.67. The Morgan fingerprint density at radius 3 is 2.54 bits per heavy atom. The molecule has 7 heteroatoms. The van der Waals surface area contributed by atoms with Crippen molar-refractivity contribution >= 4 is 28.6 Å². The molecule has 0 saturated heterocycles. The monoisotopic (exact) mass is 325 g/mol. The lowest BCUT2D eigenvalue weighted by molar-refractivity contribution is -0.115. The van der Waals surface area contributed by atoms with Crippen LogP contribution in [0.15, 0.2) is 51.7 Å². The Morgan fingerprint density at radius 1 is 1.17 bits per heavy atom. The topological polar surface area (TPSA) is 107 Å². The summed E-state index contributed by atoms with van der Waals surface area (Å²) in [5.74, 6) is -1.18. The van der Waals surface area contributed by atoms with Crippen LogP contribution in [0.3, 0.4) is 0 Å². The van der Waals surface area contributed by atoms with Gasteiger partial charge in [-0.1, -0.05) is 6.07 Å². The number of carbonyl (C=O) groups is 2. The summed E-state index contributed by atoms with van der Waals surface area (Å²) in [6.07, 6.45) is 0.146. The van der Waals surface area contributed by atoms with E-state index < -0.39 is 11.7 Å². The van der Waals surface area contributed by atoms with E-state index >= 15 is 0 Å². The van der Waals surface area contributed by atoms with Crippen LogP contribution in [-0.4, -0.2) is 16.4 Å². The van der Waals surface area contributed by atoms with Gasteiger partial charge in [0.15, 0.2) is 5.58 Å². The zero-order valence-corrected chi connectivity index (χ0v) is 12.9. The zero-order chi connectivity index (χ0) is 17.3. The van der Waals surface area contributed by atoms with E-state index in [0.29, 0.717) is 22.4 Å². The summed E-state index contributed by atoms with van der Waals surface area (Å²) in [4.78, 5) is 34.6. The van der Waals surface area contributed by atoms with E-state index in [1.165, 1.54) is 4.57 Å². The van der Waals surface area contributed by atoms with Gasteiger partial charge in [0.2, 0.25) is 11.8 Å². The van der Waals surface area contributed by atoms with Crippen LogP contribution in [0.4, 0.5) is 5.69 Å². The number of nitrogens with two attached hydrogens (primary N) is 1. The fourth-order valence-corrected chi connectivity index (χ4v) is 2.39. The first-order valence-electron chi connectivity index (χ1n) is 7.22. The second-order valence-electron chi connectivity index (χ2n) is 5.40. The molecule has 3 aromatic rings. The quantitative estimate of drug-likeness (QED) is 0.756. The van der Waals surface area contributed by atoms with E-state index in [2.05, 4.69) is 5.32 Å². The highest BCUT2D eigenvalue weighted by molar-refractivity contribution is 5.95. The second kappa shape index (κ2) is 6.04. The van der Waals surface area contributed by atoms with Crippen LogP contribution < -0.4 is 16.8 Å². The smallest absolute Gasteiger partial charge is 0.408 e. The van der Waals surface area contributed by atoms with Gasteiger partial charge in [-0.25, -0.2) is 4.79 Å². The molecule has 0 saturated carbocycles. The number of hydrogen-bond donors (Lipinski definition) is 2. The molecule has 0 aliphatic heterocycles. The van der Waals surface area contributed by atoms with Crippen LogP contribution in [-0.2, 0) is 18.3 Å². The molecule has 3 rings (SSSR count). The minimum absolute atomic E-state index is 0.146. The number of nitrogens with one attached hydrogen (secondary N) is 1. The summed E-state index contributed by atoms with van der Waals surface area (Å²) in [7, 11) is 1.61. The maximum absolute atomic E-state index is 12.1. The zero-order valence-electron chi connectivity index (χ0n) is 12.9. The molecule has 3 N–H and O–H groups in total. The van der Waals surface area contributed by atoms with E-state index in [0.717, 1.165) is 5.56 Å². The molecule has 2 amide bonds. The van der Waals surface area contributed by atoms with Gasteiger partial charge in [-0.15, -0.1) is 0 Å². The minimum atomic E-state index is -0.521. The van der Waals surface area contributed by atoms with Crippen molar-refractivity contribution in [2.75, 3.05) is 5.32 Å². The third-order valence-corrected chi connectivity index (χ3v) is 3.67. The molecule has 0 atom stereocenters. The van der Waals surface area contributed by atoms with E-state index in [9.17, 15) is 14.4 Å². The number of oxazole rings is 1. The number of rotatable bonds is 4. The number of amides is 2. The van der Waals surface area contributed by atoms with Crippen LogP contribution in [0.2, 0.25) is 0 Å². The van der Waals surface area contributed by atoms with Crippen molar-refractivity contribution in [2.45, 2.75) is 6.42 Å². The number of benzene rings is 2. The average Bonchev–Trinajstić information content (AvgIpc) is 2.82. The molecule has 122 valence electrons. The van der Waals surface area contributed by atoms with Gasteiger partial charge in [0.1, 0.15) is 0 Å². The van der Waals surface area contributed by atoms with Crippen LogP contribution in [0, 0.1) is 0 Å². The first-order valence-corrected chi connectivity index (χ1v) is 7.22. The first-order chi connectivity index (χ1) is 11.4. The first kappa shape index (κ1) is 15.5. The third kappa shape index (κ3) is 3.05. The normalized spacial score (nSPS) is 10.7. The van der Waals surface area contributed by atoms with Crippen LogP contribution >= 0.6 is 0 Å². The number of nitrogens with zero attached hydrogens (tertiary/aromatic N) is 1. The van der Waals surface area contributed by atoms with Gasteiger partial charge in [-0.05, 0) is 42.0 Å². The summed E-state index contributed by atoms with van der Waals surface area (Å²) < 4.78 is 6.44. The highest BCUT2D eigenvalue weighted by Crippen LogP contribution is 2.15. The molecular formula is C17H15N3O4. The van der Waals surface area contributed by atoms with Gasteiger partial charge in [-0.2, -0.15) is 0 Å². The summed E-state index contributed by atoms with van der Waals surface area (Å²) in [6.45, 7) is 0. The number of aromatic nitrogens is 1. The second-order valence-corrected chi connectivity index (χ2v) is 5.40. The standard InChI is InChI=1S/C17H15N3O4/c1-20-13-8-10(2-7-14(13)24-17(20)23)9-15(21)19-12-5-3-11(4-6-12)16(18)22/h2-8H,9H2,1H3,(H2,18,22)(H,19,21). The molecule has 1 heterocycles. The van der Waals surface area contributed by atoms with Gasteiger partial charge in [0.05, 0.1) is 11.9 Å². The largest absolute Gasteiger partial charge is 0.419 e. The van der Waals surface area contributed by atoms with Crippen LogP contribution in [0.25, 0.3) is 11.1 Å². The van der Waals surface area contributed by atoms with E-state index in [4.69, 9.17) is 10.2 Å². The van der Waals surface area contributed by atoms with Crippen LogP contribution in [0.5, 0.6) is 0 Å². The average molecular weight is 325 g/mol. The molecule has 0 aliphatic rings. The lowest BCUT2D eigenvalue weighted by Crippen LogP contribution is -2.15. The van der Waals surface area contributed by atoms with Crippen molar-refractivity contribution in [3.63, 3.8) is 0 Å². The molecule has 0 spiro atoms. The molecule has 1 aromatic heterocycles. The number of fused-ring (bicyclic) bond motifs is 1. The van der Waals surface area contributed by atoms with Crippen molar-refractivity contribution in [3.8, 4) is 0 Å². The summed E-state index contributed by atoms with van der Waals surface area (Å²) in [5, 5.41) is 2.74. The maximum Gasteiger partial charge on any atom is 0.419 e. The maximum atomic E-state index is 12.1. The van der Waals surface area contributed by atoms with E-state index in [-0.39, 0.29) is 12.3 Å². The lowest BCUT2D eigenvalue weighted by Gasteiger charge is -2.06. The summed E-state index contributed by atoms with van der Waals surface area (Å²) >= 11 is 0. The molecule has 0 unspecified atom stereocenters. The Bertz CT molecular complexity index is 983. The number of anilines is 1. The highest BCUT2D eigenvalue weighted by atomic mass is 16.4. The Labute approximate surface area is 136 Å². The molecule has 7 nitrogen and oxygen atoms in total. The minimum Gasteiger partial charge on any atom is -0.408 e. The van der Waals surface area contributed by atoms with Crippen molar-refractivity contribution < 1.29 is 14.0 Å². The van der Waals surface area contributed by atoms with Gasteiger partial charge < -0.3 is 15.5 Å². The molecule has 0 fully saturated rings. The Balaban J connectivity index is 1.73. The van der Waals surface area contributed by atoms with Gasteiger partial charge in [0.25, 0.3) is 0 Å². The highest BCUT2D eigenvalue weighted by Gasteiger charge is 2.09. The Hall–Kier alpha value is -3.35. The molecule has 0 radical (unpaired) electrons. The summed E-state index contributed by atoms with van der Waals surface area (Å²) in [5.41, 5.74) is 7.98. The van der Waals surface area contributed by atoms with E-state index in [1.807, 2.05) is 0 Å². The van der Waals surface area contributed by atoms with Crippen molar-refractivity contribution in [1.29, 1.82) is 0 Å². The SMILES string of the molecule is Cn1c(=O)oc2ccc(CC(=O)Nc3ccc(C(N)=O)cc3)cc21. The van der Waals surface area contributed by atoms with Crippen molar-refractivity contribution in [1.82, 2.24) is 4.57 Å². The fraction of sp³-hybridized carbons (Fsp3) is 0.118. The lowest BCUT2D eigenvalue weighted by atomic mass is 10.1. The van der Waals surface area contributed by atoms with E-state index in [1.54, 1.807) is 49.5 Å². The van der Waals surface area contributed by atoms with Crippen LogP contribution in [0.1, 0.15) is 15.9 Å². The fourth-order valence-electron chi connectivity index (χ4n) is 2.39. The van der Waals surface area contributed by atoms with Crippen molar-refractivity contribution in [3.05, 3.63) is 64.1 Å². The molecule has 2 aromatic carbocycles. The van der Waals surface area contributed by atoms with Crippen molar-refractivity contribution in [2.24, 2.45) is 12.8 Å². The van der Waals surface area contributed by atoms with Gasteiger partial charge >= 0.3 is 5.76 Å². The predicted molar refractivity (Wildman–Crippen MR) is 88.7 cm³/mol.